The highest BCUT2D eigenvalue weighted by molar-refractivity contribution is 7.80. The number of hydrogen-bond acceptors (Lipinski definition) is 4. The number of thiol groups is 1. The fourth-order valence-electron chi connectivity index (χ4n) is 3.01. The van der Waals surface area contributed by atoms with E-state index in [0.29, 0.717) is 5.56 Å². The van der Waals surface area contributed by atoms with Gasteiger partial charge in [0.25, 0.3) is 0 Å². The van der Waals surface area contributed by atoms with Gasteiger partial charge in [-0.25, -0.2) is 0 Å². The molecule has 0 aromatic heterocycles. The Morgan fingerprint density at radius 3 is 2.19 bits per heavy atom. The summed E-state index contributed by atoms with van der Waals surface area (Å²) in [5, 5.41) is 0. The topological polar surface area (TPSA) is 51.2 Å². The summed E-state index contributed by atoms with van der Waals surface area (Å²) in [5.41, 5.74) is -0.0304. The van der Waals surface area contributed by atoms with Crippen LogP contribution >= 0.6 is 12.6 Å². The first-order valence-electron chi connectivity index (χ1n) is 7.81. The molecule has 26 heavy (non-hydrogen) atoms. The molecular formula is C19H13F3O3S. The van der Waals surface area contributed by atoms with Gasteiger partial charge < -0.3 is 0 Å². The third kappa shape index (κ3) is 3.31. The minimum atomic E-state index is -4.47. The van der Waals surface area contributed by atoms with Crippen LogP contribution in [0.3, 0.4) is 0 Å². The monoisotopic (exact) mass is 378 g/mol. The fraction of sp³-hybridized carbons (Fsp3) is 0.211. The van der Waals surface area contributed by atoms with Gasteiger partial charge in [0.15, 0.2) is 5.78 Å². The quantitative estimate of drug-likeness (QED) is 0.495. The van der Waals surface area contributed by atoms with E-state index in [-0.39, 0.29) is 28.9 Å². The molecule has 1 atom stereocenters. The number of carbonyl (C=O) groups excluding carboxylic acids is 3. The first-order valence-corrected chi connectivity index (χ1v) is 8.25. The third-order valence-electron chi connectivity index (χ3n) is 4.41. The molecule has 1 aliphatic carbocycles. The molecule has 0 bridgehead atoms. The van der Waals surface area contributed by atoms with E-state index in [9.17, 15) is 27.6 Å². The predicted octanol–water partition coefficient (Wildman–Crippen LogP) is 4.19. The van der Waals surface area contributed by atoms with Crippen LogP contribution in [-0.2, 0) is 17.4 Å². The zero-order chi connectivity index (χ0) is 19.1. The molecule has 7 heteroatoms. The fourth-order valence-corrected chi connectivity index (χ4v) is 3.33. The van der Waals surface area contributed by atoms with E-state index in [1.54, 1.807) is 12.1 Å². The van der Waals surface area contributed by atoms with Crippen LogP contribution in [0.4, 0.5) is 13.2 Å². The summed E-state index contributed by atoms with van der Waals surface area (Å²) in [7, 11) is 0. The first kappa shape index (κ1) is 18.4. The number of carbonyl (C=O) groups is 3. The molecule has 0 amide bonds. The first-order chi connectivity index (χ1) is 12.2. The zero-order valence-electron chi connectivity index (χ0n) is 13.3. The molecule has 0 fully saturated rings. The van der Waals surface area contributed by atoms with Crippen LogP contribution in [0.25, 0.3) is 0 Å². The summed E-state index contributed by atoms with van der Waals surface area (Å²) in [6.07, 6.45) is -4.27. The van der Waals surface area contributed by atoms with Gasteiger partial charge in [-0.15, -0.1) is 12.6 Å². The molecule has 1 aliphatic rings. The normalized spacial score (nSPS) is 17.4. The standard InChI is InChI=1S/C19H13F3O3S/c20-19(21,22)11-7-5-10(15(26)9-11)6-8-14-16(23)12-3-1-2-4-13(12)17(24)18(14)25/h1-5,7,9,14,26H,6,8H2. The van der Waals surface area contributed by atoms with Crippen molar-refractivity contribution in [2.75, 3.05) is 0 Å². The van der Waals surface area contributed by atoms with Crippen LogP contribution < -0.4 is 0 Å². The van der Waals surface area contributed by atoms with Crippen LogP contribution in [0.15, 0.2) is 47.4 Å². The number of ketones is 3. The minimum absolute atomic E-state index is 0.0384. The molecule has 2 aromatic carbocycles. The second kappa shape index (κ2) is 6.72. The van der Waals surface area contributed by atoms with Crippen molar-refractivity contribution in [2.24, 2.45) is 5.92 Å². The van der Waals surface area contributed by atoms with Gasteiger partial charge in [-0.05, 0) is 30.5 Å². The Bertz CT molecular complexity index is 918. The Balaban J connectivity index is 1.81. The van der Waals surface area contributed by atoms with E-state index < -0.39 is 35.0 Å². The molecule has 0 radical (unpaired) electrons. The number of halogens is 3. The van der Waals surface area contributed by atoms with Crippen molar-refractivity contribution in [3.05, 3.63) is 64.7 Å². The molecule has 134 valence electrons. The second-order valence-electron chi connectivity index (χ2n) is 6.04. The van der Waals surface area contributed by atoms with Crippen LogP contribution in [0.1, 0.15) is 38.3 Å². The molecule has 0 saturated heterocycles. The smallest absolute Gasteiger partial charge is 0.293 e. The van der Waals surface area contributed by atoms with Gasteiger partial charge in [0.1, 0.15) is 0 Å². The number of benzene rings is 2. The Morgan fingerprint density at radius 1 is 0.923 bits per heavy atom. The van der Waals surface area contributed by atoms with Crippen molar-refractivity contribution in [1.29, 1.82) is 0 Å². The maximum absolute atomic E-state index is 12.7. The lowest BCUT2D eigenvalue weighted by molar-refractivity contribution is -0.137. The van der Waals surface area contributed by atoms with Gasteiger partial charge in [0.2, 0.25) is 11.6 Å². The van der Waals surface area contributed by atoms with Gasteiger partial charge in [-0.1, -0.05) is 30.3 Å². The van der Waals surface area contributed by atoms with Crippen LogP contribution in [0, 0.1) is 5.92 Å². The number of alkyl halides is 3. The Labute approximate surface area is 152 Å². The molecule has 3 rings (SSSR count). The van der Waals surface area contributed by atoms with E-state index in [4.69, 9.17) is 0 Å². The Morgan fingerprint density at radius 2 is 1.58 bits per heavy atom. The lowest BCUT2D eigenvalue weighted by Gasteiger charge is -2.21. The largest absolute Gasteiger partial charge is 0.416 e. The number of fused-ring (bicyclic) bond motifs is 1. The third-order valence-corrected chi connectivity index (χ3v) is 4.83. The average molecular weight is 378 g/mol. The summed E-state index contributed by atoms with van der Waals surface area (Å²) >= 11 is 4.07. The highest BCUT2D eigenvalue weighted by atomic mass is 32.1. The summed E-state index contributed by atoms with van der Waals surface area (Å²) in [6.45, 7) is 0. The van der Waals surface area contributed by atoms with E-state index >= 15 is 0 Å². The minimum Gasteiger partial charge on any atom is -0.293 e. The molecular weight excluding hydrogens is 365 g/mol. The summed E-state index contributed by atoms with van der Waals surface area (Å²) in [5.74, 6) is -3.03. The molecule has 0 heterocycles. The maximum Gasteiger partial charge on any atom is 0.416 e. The van der Waals surface area contributed by atoms with Gasteiger partial charge in [-0.3, -0.25) is 14.4 Å². The van der Waals surface area contributed by atoms with Crippen LogP contribution in [0.5, 0.6) is 0 Å². The average Bonchev–Trinajstić information content (AvgIpc) is 2.60. The van der Waals surface area contributed by atoms with E-state index in [1.807, 2.05) is 0 Å². The number of rotatable bonds is 3. The highest BCUT2D eigenvalue weighted by Crippen LogP contribution is 2.33. The summed E-state index contributed by atoms with van der Waals surface area (Å²) in [4.78, 5) is 37.1. The number of hydrogen-bond donors (Lipinski definition) is 1. The molecule has 0 aliphatic heterocycles. The molecule has 0 N–H and O–H groups in total. The van der Waals surface area contributed by atoms with Gasteiger partial charge in [0, 0.05) is 16.0 Å². The molecule has 0 saturated carbocycles. The molecule has 1 unspecified atom stereocenters. The van der Waals surface area contributed by atoms with Gasteiger partial charge in [-0.2, -0.15) is 13.2 Å². The maximum atomic E-state index is 12.7. The molecule has 3 nitrogen and oxygen atoms in total. The lowest BCUT2D eigenvalue weighted by atomic mass is 9.78. The van der Waals surface area contributed by atoms with Crippen molar-refractivity contribution < 1.29 is 27.6 Å². The molecule has 0 spiro atoms. The Kier molecular flexibility index (Phi) is 4.75. The van der Waals surface area contributed by atoms with E-state index in [2.05, 4.69) is 12.6 Å². The predicted molar refractivity (Wildman–Crippen MR) is 90.6 cm³/mol. The van der Waals surface area contributed by atoms with Crippen molar-refractivity contribution in [2.45, 2.75) is 23.9 Å². The van der Waals surface area contributed by atoms with E-state index in [0.717, 1.165) is 12.1 Å². The van der Waals surface area contributed by atoms with Crippen molar-refractivity contribution in [3.63, 3.8) is 0 Å². The van der Waals surface area contributed by atoms with Gasteiger partial charge >= 0.3 is 6.18 Å². The van der Waals surface area contributed by atoms with Gasteiger partial charge in [0.05, 0.1) is 11.5 Å². The van der Waals surface area contributed by atoms with Crippen molar-refractivity contribution >= 4 is 30.0 Å². The van der Waals surface area contributed by atoms with Crippen molar-refractivity contribution in [1.82, 2.24) is 0 Å². The molecule has 2 aromatic rings. The van der Waals surface area contributed by atoms with Crippen molar-refractivity contribution in [3.8, 4) is 0 Å². The summed E-state index contributed by atoms with van der Waals surface area (Å²) < 4.78 is 38.1. The van der Waals surface area contributed by atoms with Crippen LogP contribution in [-0.4, -0.2) is 17.3 Å². The highest BCUT2D eigenvalue weighted by Gasteiger charge is 2.39. The summed E-state index contributed by atoms with van der Waals surface area (Å²) in [6, 6.07) is 9.23. The van der Waals surface area contributed by atoms with E-state index in [1.165, 1.54) is 18.2 Å². The number of aryl methyl sites for hydroxylation is 1. The number of Topliss-reactive ketones (excluding diaryl/α,β-unsaturated/α-hetero) is 3. The second-order valence-corrected chi connectivity index (χ2v) is 6.52. The zero-order valence-corrected chi connectivity index (χ0v) is 14.2. The van der Waals surface area contributed by atoms with Crippen LogP contribution in [0.2, 0.25) is 0 Å². The SMILES string of the molecule is O=C1C(=O)C(CCc2ccc(C(F)(F)F)cc2S)C(=O)c2ccccc21. The Hall–Kier alpha value is -2.41. The lowest BCUT2D eigenvalue weighted by Crippen LogP contribution is -2.37.